The minimum absolute atomic E-state index is 0.144. The van der Waals surface area contributed by atoms with Gasteiger partial charge in [0, 0.05) is 11.8 Å². The Balaban J connectivity index is 2.21. The van der Waals surface area contributed by atoms with E-state index in [9.17, 15) is 13.2 Å². The number of ether oxygens (including phenoxy) is 1. The molecule has 1 aromatic heterocycles. The van der Waals surface area contributed by atoms with Crippen LogP contribution in [-0.4, -0.2) is 16.3 Å². The fourth-order valence-electron chi connectivity index (χ4n) is 1.54. The van der Waals surface area contributed by atoms with Crippen molar-refractivity contribution in [3.8, 4) is 5.75 Å². The van der Waals surface area contributed by atoms with E-state index in [4.69, 9.17) is 18.0 Å². The normalized spacial score (nSPS) is 11.0. The highest BCUT2D eigenvalue weighted by Crippen LogP contribution is 2.31. The van der Waals surface area contributed by atoms with Gasteiger partial charge in [0.2, 0.25) is 0 Å². The molecule has 110 valence electrons. The molecule has 8 heteroatoms. The van der Waals surface area contributed by atoms with Gasteiger partial charge in [0.1, 0.15) is 10.8 Å². The molecule has 1 aromatic carbocycles. The van der Waals surface area contributed by atoms with Crippen LogP contribution >= 0.6 is 12.2 Å². The zero-order valence-corrected chi connectivity index (χ0v) is 11.3. The second-order valence-corrected chi connectivity index (χ2v) is 4.41. The number of pyridine rings is 1. The van der Waals surface area contributed by atoms with Crippen LogP contribution in [0.3, 0.4) is 0 Å². The Morgan fingerprint density at radius 1 is 1.19 bits per heavy atom. The largest absolute Gasteiger partial charge is 0.573 e. The maximum atomic E-state index is 12.3. The van der Waals surface area contributed by atoms with Gasteiger partial charge < -0.3 is 15.8 Å². The quantitative estimate of drug-likeness (QED) is 0.848. The summed E-state index contributed by atoms with van der Waals surface area (Å²) in [6.07, 6.45) is -3.33. The van der Waals surface area contributed by atoms with Gasteiger partial charge in [0.15, 0.2) is 5.75 Å². The fourth-order valence-corrected chi connectivity index (χ4v) is 1.66. The summed E-state index contributed by atoms with van der Waals surface area (Å²) in [4.78, 5) is 4.21. The number of hydrogen-bond donors (Lipinski definition) is 2. The lowest BCUT2D eigenvalue weighted by atomic mass is 10.2. The Morgan fingerprint density at radius 3 is 2.48 bits per heavy atom. The number of anilines is 2. The molecule has 0 atom stereocenters. The van der Waals surface area contributed by atoms with Gasteiger partial charge in [-0.3, -0.25) is 0 Å². The number of benzene rings is 1. The highest BCUT2D eigenvalue weighted by atomic mass is 32.1. The SMILES string of the molecule is NC(=S)c1ccc(Nc2ccccc2OC(F)(F)F)nc1. The van der Waals surface area contributed by atoms with E-state index in [1.165, 1.54) is 24.4 Å². The van der Waals surface area contributed by atoms with Crippen LogP contribution in [0.2, 0.25) is 0 Å². The predicted octanol–water partition coefficient (Wildman–Crippen LogP) is 3.36. The summed E-state index contributed by atoms with van der Waals surface area (Å²) in [5, 5.41) is 2.74. The molecule has 2 rings (SSSR count). The molecule has 0 aliphatic heterocycles. The third-order valence-corrected chi connectivity index (χ3v) is 2.66. The molecular formula is C13H10F3N3OS. The highest BCUT2D eigenvalue weighted by molar-refractivity contribution is 7.80. The topological polar surface area (TPSA) is 60.2 Å². The van der Waals surface area contributed by atoms with Crippen molar-refractivity contribution >= 4 is 28.7 Å². The summed E-state index contributed by atoms with van der Waals surface area (Å²) < 4.78 is 40.9. The van der Waals surface area contributed by atoms with Crippen molar-refractivity contribution in [3.05, 3.63) is 48.2 Å². The number of nitrogens with one attached hydrogen (secondary N) is 1. The van der Waals surface area contributed by atoms with Crippen molar-refractivity contribution in [2.24, 2.45) is 5.73 Å². The number of rotatable bonds is 4. The number of para-hydroxylation sites is 2. The van der Waals surface area contributed by atoms with E-state index in [0.29, 0.717) is 11.4 Å². The Morgan fingerprint density at radius 2 is 1.90 bits per heavy atom. The van der Waals surface area contributed by atoms with Crippen molar-refractivity contribution in [1.29, 1.82) is 0 Å². The molecular weight excluding hydrogens is 303 g/mol. The van der Waals surface area contributed by atoms with Crippen LogP contribution in [0.1, 0.15) is 5.56 Å². The Hall–Kier alpha value is -2.35. The monoisotopic (exact) mass is 313 g/mol. The average molecular weight is 313 g/mol. The Bertz CT molecular complexity index is 644. The Kier molecular flexibility index (Phi) is 4.27. The molecule has 0 fully saturated rings. The predicted molar refractivity (Wildman–Crippen MR) is 76.5 cm³/mol. The third-order valence-electron chi connectivity index (χ3n) is 2.42. The molecule has 0 unspecified atom stereocenters. The standard InChI is InChI=1S/C13H10F3N3OS/c14-13(15,16)20-10-4-2-1-3-9(10)19-11-6-5-8(7-18-11)12(17)21/h1-7H,(H2,17,21)(H,18,19). The molecule has 0 bridgehead atoms. The molecule has 0 saturated heterocycles. The van der Waals surface area contributed by atoms with Crippen molar-refractivity contribution in [2.45, 2.75) is 6.36 Å². The molecule has 0 saturated carbocycles. The van der Waals surface area contributed by atoms with Crippen molar-refractivity contribution in [3.63, 3.8) is 0 Å². The van der Waals surface area contributed by atoms with Gasteiger partial charge in [0.05, 0.1) is 5.69 Å². The molecule has 0 amide bonds. The number of halogens is 3. The van der Waals surface area contributed by atoms with Crippen LogP contribution in [0.15, 0.2) is 42.6 Å². The zero-order chi connectivity index (χ0) is 15.5. The molecule has 0 aliphatic carbocycles. The van der Waals surface area contributed by atoms with Gasteiger partial charge in [-0.2, -0.15) is 0 Å². The van der Waals surface area contributed by atoms with Crippen molar-refractivity contribution in [2.75, 3.05) is 5.32 Å². The van der Waals surface area contributed by atoms with Crippen molar-refractivity contribution < 1.29 is 17.9 Å². The first-order chi connectivity index (χ1) is 9.85. The molecule has 3 N–H and O–H groups in total. The van der Waals surface area contributed by atoms with Crippen LogP contribution < -0.4 is 15.8 Å². The lowest BCUT2D eigenvalue weighted by Gasteiger charge is -2.14. The van der Waals surface area contributed by atoms with Gasteiger partial charge in [0.25, 0.3) is 0 Å². The van der Waals surface area contributed by atoms with E-state index in [0.717, 1.165) is 0 Å². The summed E-state index contributed by atoms with van der Waals surface area (Å²) in [5.41, 5.74) is 6.14. The van der Waals surface area contributed by atoms with Crippen LogP contribution in [0, 0.1) is 0 Å². The summed E-state index contributed by atoms with van der Waals surface area (Å²) in [7, 11) is 0. The molecule has 4 nitrogen and oxygen atoms in total. The van der Waals surface area contributed by atoms with Gasteiger partial charge >= 0.3 is 6.36 Å². The number of alkyl halides is 3. The first-order valence-electron chi connectivity index (χ1n) is 5.73. The molecule has 2 aromatic rings. The minimum Gasteiger partial charge on any atom is -0.404 e. The number of nitrogens with zero attached hydrogens (tertiary/aromatic N) is 1. The minimum atomic E-state index is -4.76. The van der Waals surface area contributed by atoms with E-state index in [1.807, 2.05) is 0 Å². The average Bonchev–Trinajstić information content (AvgIpc) is 2.40. The van der Waals surface area contributed by atoms with Gasteiger partial charge in [-0.25, -0.2) is 4.98 Å². The molecule has 0 radical (unpaired) electrons. The second-order valence-electron chi connectivity index (χ2n) is 3.97. The summed E-state index contributed by atoms with van der Waals surface area (Å²) in [6.45, 7) is 0. The van der Waals surface area contributed by atoms with E-state index in [1.54, 1.807) is 18.2 Å². The van der Waals surface area contributed by atoms with Crippen LogP contribution in [-0.2, 0) is 0 Å². The number of nitrogens with two attached hydrogens (primary N) is 1. The fraction of sp³-hybridized carbons (Fsp3) is 0.0769. The van der Waals surface area contributed by atoms with Crippen LogP contribution in [0.25, 0.3) is 0 Å². The van der Waals surface area contributed by atoms with E-state index in [-0.39, 0.29) is 16.4 Å². The van der Waals surface area contributed by atoms with Gasteiger partial charge in [-0.05, 0) is 24.3 Å². The number of aromatic nitrogens is 1. The second kappa shape index (κ2) is 5.96. The molecule has 1 heterocycles. The summed E-state index contributed by atoms with van der Waals surface area (Å²) in [5.74, 6) is -0.00144. The van der Waals surface area contributed by atoms with Crippen LogP contribution in [0.5, 0.6) is 5.75 Å². The lowest BCUT2D eigenvalue weighted by molar-refractivity contribution is -0.274. The third kappa shape index (κ3) is 4.32. The van der Waals surface area contributed by atoms with E-state index in [2.05, 4.69) is 15.0 Å². The van der Waals surface area contributed by atoms with E-state index >= 15 is 0 Å². The number of thiocarbonyl (C=S) groups is 1. The van der Waals surface area contributed by atoms with Crippen LogP contribution in [0.4, 0.5) is 24.7 Å². The smallest absolute Gasteiger partial charge is 0.404 e. The Labute approximate surface area is 123 Å². The number of hydrogen-bond acceptors (Lipinski definition) is 4. The summed E-state index contributed by atoms with van der Waals surface area (Å²) >= 11 is 4.79. The molecule has 0 spiro atoms. The first-order valence-corrected chi connectivity index (χ1v) is 6.13. The zero-order valence-electron chi connectivity index (χ0n) is 10.5. The van der Waals surface area contributed by atoms with E-state index < -0.39 is 6.36 Å². The maximum Gasteiger partial charge on any atom is 0.573 e. The lowest BCUT2D eigenvalue weighted by Crippen LogP contribution is -2.18. The molecule has 0 aliphatic rings. The maximum absolute atomic E-state index is 12.3. The molecule has 21 heavy (non-hydrogen) atoms. The summed E-state index contributed by atoms with van der Waals surface area (Å²) in [6, 6.07) is 8.85. The van der Waals surface area contributed by atoms with Gasteiger partial charge in [-0.15, -0.1) is 13.2 Å². The van der Waals surface area contributed by atoms with Crippen molar-refractivity contribution in [1.82, 2.24) is 4.98 Å². The highest BCUT2D eigenvalue weighted by Gasteiger charge is 2.32. The first kappa shape index (κ1) is 15.0. The van der Waals surface area contributed by atoms with Gasteiger partial charge in [-0.1, -0.05) is 24.4 Å².